The van der Waals surface area contributed by atoms with Crippen LogP contribution in [0.2, 0.25) is 0 Å². The molecule has 0 aliphatic rings. The fraction of sp³-hybridized carbons (Fsp3) is 0.985. The molecule has 0 aliphatic carbocycles. The molecule has 3 unspecified atom stereocenters. The summed E-state index contributed by atoms with van der Waals surface area (Å²) in [6.45, 7) is 4.95. The number of nitrogens with one attached hydrogen (secondary N) is 1. The lowest BCUT2D eigenvalue weighted by Crippen LogP contribution is -2.46. The molecule has 3 N–H and O–H groups in total. The summed E-state index contributed by atoms with van der Waals surface area (Å²) in [5, 5.41) is 14.1. The molecule has 444 valence electrons. The molecule has 0 rings (SSSR count). The molecule has 0 bridgehead atoms. The van der Waals surface area contributed by atoms with Gasteiger partial charge in [0.25, 0.3) is 0 Å². The quantitative estimate of drug-likeness (QED) is 0.0318. The number of unbranched alkanes of at least 4 members (excludes halogenated alkanes) is 50. The average Bonchev–Trinajstić information content (AvgIpc) is 3.36. The maximum Gasteiger partial charge on any atom is 0.472 e. The Morgan fingerprint density at radius 3 is 0.905 bits per heavy atom. The van der Waals surface area contributed by atoms with E-state index in [1.54, 1.807) is 0 Å². The summed E-state index contributed by atoms with van der Waals surface area (Å²) in [4.78, 5) is 23.4. The van der Waals surface area contributed by atoms with Crippen molar-refractivity contribution in [3.63, 3.8) is 0 Å². The SMILES string of the molecule is CCCCCCCCCCCCCCCCCCCCCCCCCCCCCCCCCCCCCCC(=O)NC(COP(=O)(O)OCC[N+](C)(C)C)C(O)CCCCCCCCCCCCCCCCCC. The van der Waals surface area contributed by atoms with Gasteiger partial charge in [0.05, 0.1) is 39.9 Å². The van der Waals surface area contributed by atoms with Gasteiger partial charge in [-0.2, -0.15) is 0 Å². The number of phosphoric acid groups is 1. The third-order valence-electron chi connectivity index (χ3n) is 15.9. The van der Waals surface area contributed by atoms with Gasteiger partial charge in [0.15, 0.2) is 0 Å². The number of aliphatic hydroxyl groups is 1. The van der Waals surface area contributed by atoms with Gasteiger partial charge in [-0.3, -0.25) is 13.8 Å². The van der Waals surface area contributed by atoms with Gasteiger partial charge in [0, 0.05) is 6.42 Å². The zero-order valence-corrected chi connectivity index (χ0v) is 51.8. The van der Waals surface area contributed by atoms with Gasteiger partial charge in [-0.25, -0.2) is 4.57 Å². The number of nitrogens with zero attached hydrogens (tertiary/aromatic N) is 1. The van der Waals surface area contributed by atoms with E-state index in [0.717, 1.165) is 38.5 Å². The van der Waals surface area contributed by atoms with E-state index in [9.17, 15) is 19.4 Å². The first-order chi connectivity index (χ1) is 36.0. The monoisotopic (exact) mass is 1070 g/mol. The Balaban J connectivity index is 3.88. The molecule has 3 atom stereocenters. The number of likely N-dealkylation sites (N-methyl/N-ethyl adjacent to an activating group) is 1. The van der Waals surface area contributed by atoms with Crippen molar-refractivity contribution in [1.29, 1.82) is 0 Å². The Bertz CT molecular complexity index is 1170. The van der Waals surface area contributed by atoms with E-state index in [-0.39, 0.29) is 19.1 Å². The van der Waals surface area contributed by atoms with E-state index in [0.29, 0.717) is 23.9 Å². The predicted octanol–water partition coefficient (Wildman–Crippen LogP) is 20.8. The first kappa shape index (κ1) is 73.5. The van der Waals surface area contributed by atoms with E-state index in [1.807, 2.05) is 21.1 Å². The Morgan fingerprint density at radius 1 is 0.405 bits per heavy atom. The first-order valence-corrected chi connectivity index (χ1v) is 34.9. The van der Waals surface area contributed by atoms with Crippen LogP contribution in [-0.4, -0.2) is 73.4 Å². The summed E-state index contributed by atoms with van der Waals surface area (Å²) < 4.78 is 23.8. The van der Waals surface area contributed by atoms with Crippen LogP contribution in [0, 0.1) is 0 Å². The molecule has 8 nitrogen and oxygen atoms in total. The lowest BCUT2D eigenvalue weighted by molar-refractivity contribution is -0.870. The summed E-state index contributed by atoms with van der Waals surface area (Å²) in [7, 11) is 1.64. The second kappa shape index (κ2) is 57.2. The van der Waals surface area contributed by atoms with Crippen LogP contribution in [0.5, 0.6) is 0 Å². The Kier molecular flexibility index (Phi) is 56.8. The number of hydrogen-bond acceptors (Lipinski definition) is 5. The van der Waals surface area contributed by atoms with Gasteiger partial charge in [-0.05, 0) is 12.8 Å². The molecule has 0 heterocycles. The lowest BCUT2D eigenvalue weighted by Gasteiger charge is -2.26. The van der Waals surface area contributed by atoms with Crippen LogP contribution in [0.25, 0.3) is 0 Å². The van der Waals surface area contributed by atoms with Crippen molar-refractivity contribution in [1.82, 2.24) is 5.32 Å². The van der Waals surface area contributed by atoms with Crippen molar-refractivity contribution in [2.75, 3.05) is 40.9 Å². The van der Waals surface area contributed by atoms with Crippen molar-refractivity contribution in [2.24, 2.45) is 0 Å². The predicted molar refractivity (Wildman–Crippen MR) is 323 cm³/mol. The minimum absolute atomic E-state index is 0.0792. The number of carbonyl (C=O) groups is 1. The zero-order chi connectivity index (χ0) is 54.2. The van der Waals surface area contributed by atoms with E-state index in [4.69, 9.17) is 9.05 Å². The number of quaternary nitrogens is 1. The zero-order valence-electron chi connectivity index (χ0n) is 50.9. The minimum atomic E-state index is -4.32. The number of amides is 1. The van der Waals surface area contributed by atoms with Crippen LogP contribution in [0.4, 0.5) is 0 Å². The second-order valence-electron chi connectivity index (χ2n) is 24.6. The topological polar surface area (TPSA) is 105 Å². The molecular weight excluding hydrogens is 936 g/mol. The van der Waals surface area contributed by atoms with Gasteiger partial charge in [0.2, 0.25) is 5.91 Å². The fourth-order valence-corrected chi connectivity index (χ4v) is 11.4. The van der Waals surface area contributed by atoms with Gasteiger partial charge < -0.3 is 19.8 Å². The highest BCUT2D eigenvalue weighted by molar-refractivity contribution is 7.47. The molecule has 0 saturated heterocycles. The number of phosphoric ester groups is 1. The van der Waals surface area contributed by atoms with Crippen LogP contribution >= 0.6 is 7.82 Å². The van der Waals surface area contributed by atoms with E-state index in [1.165, 1.54) is 295 Å². The van der Waals surface area contributed by atoms with Crippen LogP contribution in [0.15, 0.2) is 0 Å². The first-order valence-electron chi connectivity index (χ1n) is 33.4. The summed E-state index contributed by atoms with van der Waals surface area (Å²) >= 11 is 0. The van der Waals surface area contributed by atoms with E-state index in [2.05, 4.69) is 19.2 Å². The Hall–Kier alpha value is -0.500. The Morgan fingerprint density at radius 2 is 0.649 bits per heavy atom. The molecule has 0 radical (unpaired) electrons. The third kappa shape index (κ3) is 59.2. The van der Waals surface area contributed by atoms with Crippen molar-refractivity contribution in [3.8, 4) is 0 Å². The number of hydrogen-bond donors (Lipinski definition) is 3. The molecule has 0 fully saturated rings. The molecule has 0 aromatic carbocycles. The molecular formula is C65H134N2O6P+. The lowest BCUT2D eigenvalue weighted by atomic mass is 10.0. The van der Waals surface area contributed by atoms with E-state index < -0.39 is 20.0 Å². The molecule has 0 aliphatic heterocycles. The summed E-state index contributed by atoms with van der Waals surface area (Å²) in [6, 6.07) is -0.755. The highest BCUT2D eigenvalue weighted by Gasteiger charge is 2.28. The molecule has 0 saturated carbocycles. The fourth-order valence-electron chi connectivity index (χ4n) is 10.6. The van der Waals surface area contributed by atoms with Crippen molar-refractivity contribution in [3.05, 3.63) is 0 Å². The summed E-state index contributed by atoms with van der Waals surface area (Å²) in [5.74, 6) is -0.135. The second-order valence-corrected chi connectivity index (χ2v) is 26.0. The van der Waals surface area contributed by atoms with Gasteiger partial charge in [0.1, 0.15) is 13.2 Å². The van der Waals surface area contributed by atoms with Gasteiger partial charge >= 0.3 is 7.82 Å². The minimum Gasteiger partial charge on any atom is -0.391 e. The maximum atomic E-state index is 13.0. The smallest absolute Gasteiger partial charge is 0.391 e. The van der Waals surface area contributed by atoms with Crippen molar-refractivity contribution >= 4 is 13.7 Å². The summed E-state index contributed by atoms with van der Waals surface area (Å²) in [6.07, 6.45) is 70.7. The highest BCUT2D eigenvalue weighted by Crippen LogP contribution is 2.43. The van der Waals surface area contributed by atoms with E-state index >= 15 is 0 Å². The van der Waals surface area contributed by atoms with Crippen LogP contribution in [0.1, 0.15) is 361 Å². The van der Waals surface area contributed by atoms with Crippen molar-refractivity contribution in [2.45, 2.75) is 373 Å². The highest BCUT2D eigenvalue weighted by atomic mass is 31.2. The normalized spacial score (nSPS) is 13.7. The molecule has 9 heteroatoms. The standard InChI is InChI=1S/C65H133N2O6P/c1-6-8-10-12-14-16-18-20-22-24-25-26-27-28-29-30-31-32-33-34-35-36-37-38-39-40-41-42-43-45-47-49-51-53-55-57-59-65(69)66-63(62-73-74(70,71)72-61-60-67(3,4)5)64(68)58-56-54-52-50-48-46-44-23-21-19-17-15-13-11-9-7-2/h63-64,68H,6-62H2,1-5H3,(H-,66,69,70,71)/p+1. The van der Waals surface area contributed by atoms with Gasteiger partial charge in [-0.15, -0.1) is 0 Å². The van der Waals surface area contributed by atoms with Crippen LogP contribution in [-0.2, 0) is 18.4 Å². The number of carbonyl (C=O) groups excluding carboxylic acids is 1. The average molecular weight is 1070 g/mol. The van der Waals surface area contributed by atoms with Crippen LogP contribution < -0.4 is 5.32 Å². The maximum absolute atomic E-state index is 13.0. The number of aliphatic hydroxyl groups excluding tert-OH is 1. The van der Waals surface area contributed by atoms with Gasteiger partial charge in [-0.1, -0.05) is 341 Å². The largest absolute Gasteiger partial charge is 0.472 e. The molecule has 0 aromatic rings. The third-order valence-corrected chi connectivity index (χ3v) is 16.8. The molecule has 0 aromatic heterocycles. The molecule has 1 amide bonds. The van der Waals surface area contributed by atoms with Crippen molar-refractivity contribution < 1.29 is 32.9 Å². The summed E-state index contributed by atoms with van der Waals surface area (Å²) in [5.41, 5.74) is 0. The molecule has 74 heavy (non-hydrogen) atoms. The van der Waals surface area contributed by atoms with Crippen LogP contribution in [0.3, 0.4) is 0 Å². The Labute approximate surface area is 463 Å². The number of rotatable bonds is 63. The molecule has 0 spiro atoms.